The molecule has 0 aliphatic heterocycles. The number of nitrogens with one attached hydrogen (secondary N) is 1. The lowest BCUT2D eigenvalue weighted by molar-refractivity contribution is 1.19. The normalized spacial score (nSPS) is 8.62. The van der Waals surface area contributed by atoms with Crippen LogP contribution < -0.4 is 5.56 Å². The van der Waals surface area contributed by atoms with Crippen LogP contribution in [0.1, 0.15) is 34.6 Å². The topological polar surface area (TPSA) is 37.3 Å². The lowest BCUT2D eigenvalue weighted by Crippen LogP contribution is -2.09. The minimum atomic E-state index is -0.0475. The summed E-state index contributed by atoms with van der Waals surface area (Å²) in [6, 6.07) is 11.4. The van der Waals surface area contributed by atoms with Crippen molar-refractivity contribution >= 4 is 16.6 Å². The van der Waals surface area contributed by atoms with Gasteiger partial charge < -0.3 is 9.38 Å². The van der Waals surface area contributed by atoms with E-state index in [0.717, 1.165) is 11.0 Å². The Morgan fingerprint density at radius 1 is 1.00 bits per heavy atom. The van der Waals surface area contributed by atoms with E-state index in [1.807, 2.05) is 81.6 Å². The fourth-order valence-corrected chi connectivity index (χ4v) is 1.75. The molecule has 3 heteroatoms. The van der Waals surface area contributed by atoms with Gasteiger partial charge in [-0.25, -0.2) is 0 Å². The first-order chi connectivity index (χ1) is 10.3. The standard InChI is InChI=1S/C11H8N2O.C3H6.2C2H6/c14-11-10-6-3-7-13(10)9-5-2-1-4-8(9)12-11;1-3-2;2*1-2/h1-7H,(H,12,14);3H,1H2,2H3;2*1-2H3. The van der Waals surface area contributed by atoms with Gasteiger partial charge in [0.15, 0.2) is 0 Å². The molecule has 0 saturated heterocycles. The van der Waals surface area contributed by atoms with E-state index in [1.54, 1.807) is 6.08 Å². The first-order valence-corrected chi connectivity index (χ1v) is 7.43. The molecular formula is C18H26N2O. The molecule has 3 aromatic rings. The van der Waals surface area contributed by atoms with E-state index in [2.05, 4.69) is 11.6 Å². The highest BCUT2D eigenvalue weighted by molar-refractivity contribution is 5.77. The van der Waals surface area contributed by atoms with Gasteiger partial charge in [-0.2, -0.15) is 0 Å². The molecule has 0 amide bonds. The van der Waals surface area contributed by atoms with Gasteiger partial charge in [0.05, 0.1) is 11.0 Å². The van der Waals surface area contributed by atoms with Gasteiger partial charge >= 0.3 is 0 Å². The quantitative estimate of drug-likeness (QED) is 0.578. The zero-order valence-electron chi connectivity index (χ0n) is 13.7. The number of nitrogens with zero attached hydrogens (tertiary/aromatic N) is 1. The van der Waals surface area contributed by atoms with Gasteiger partial charge in [0.2, 0.25) is 0 Å². The third-order valence-electron chi connectivity index (χ3n) is 2.39. The molecule has 0 fully saturated rings. The number of para-hydroxylation sites is 2. The molecule has 0 bridgehead atoms. The first-order valence-electron chi connectivity index (χ1n) is 7.43. The van der Waals surface area contributed by atoms with Gasteiger partial charge in [-0.3, -0.25) is 4.79 Å². The number of aromatic amines is 1. The van der Waals surface area contributed by atoms with Gasteiger partial charge in [0, 0.05) is 6.20 Å². The summed E-state index contributed by atoms with van der Waals surface area (Å²) in [5.41, 5.74) is 2.52. The number of hydrogen-bond donors (Lipinski definition) is 1. The van der Waals surface area contributed by atoms with Crippen LogP contribution in [0.4, 0.5) is 0 Å². The largest absolute Gasteiger partial charge is 0.319 e. The maximum absolute atomic E-state index is 11.6. The highest BCUT2D eigenvalue weighted by atomic mass is 16.1. The zero-order chi connectivity index (χ0) is 16.3. The molecule has 2 heterocycles. The lowest BCUT2D eigenvalue weighted by atomic mass is 10.3. The van der Waals surface area contributed by atoms with Crippen molar-refractivity contribution in [1.82, 2.24) is 9.38 Å². The molecule has 1 aromatic carbocycles. The molecule has 114 valence electrons. The summed E-state index contributed by atoms with van der Waals surface area (Å²) in [4.78, 5) is 14.4. The minimum absolute atomic E-state index is 0.0475. The molecule has 0 unspecified atom stereocenters. The van der Waals surface area contributed by atoms with Gasteiger partial charge in [-0.15, -0.1) is 6.58 Å². The minimum Gasteiger partial charge on any atom is -0.319 e. The van der Waals surface area contributed by atoms with E-state index in [1.165, 1.54) is 0 Å². The summed E-state index contributed by atoms with van der Waals surface area (Å²) in [5, 5.41) is 0. The number of benzene rings is 1. The first kappa shape index (κ1) is 18.7. The molecule has 0 saturated carbocycles. The van der Waals surface area contributed by atoms with Crippen molar-refractivity contribution in [1.29, 1.82) is 0 Å². The van der Waals surface area contributed by atoms with E-state index in [0.29, 0.717) is 5.52 Å². The molecular weight excluding hydrogens is 260 g/mol. The number of allylic oxidation sites excluding steroid dienone is 1. The van der Waals surface area contributed by atoms with E-state index < -0.39 is 0 Å². The second-order valence-corrected chi connectivity index (χ2v) is 3.64. The van der Waals surface area contributed by atoms with Crippen molar-refractivity contribution in [2.75, 3.05) is 0 Å². The molecule has 0 spiro atoms. The Kier molecular flexibility index (Phi) is 9.35. The summed E-state index contributed by atoms with van der Waals surface area (Å²) in [6.45, 7) is 13.2. The Morgan fingerprint density at radius 3 is 2.14 bits per heavy atom. The number of rotatable bonds is 0. The molecule has 2 aromatic heterocycles. The van der Waals surface area contributed by atoms with Crippen LogP contribution in [0.25, 0.3) is 16.6 Å². The van der Waals surface area contributed by atoms with Crippen molar-refractivity contribution in [2.24, 2.45) is 0 Å². The predicted molar refractivity (Wildman–Crippen MR) is 94.1 cm³/mol. The molecule has 21 heavy (non-hydrogen) atoms. The van der Waals surface area contributed by atoms with Gasteiger partial charge in [-0.05, 0) is 31.2 Å². The molecule has 3 rings (SSSR count). The van der Waals surface area contributed by atoms with Crippen LogP contribution >= 0.6 is 0 Å². The van der Waals surface area contributed by atoms with Crippen molar-refractivity contribution in [3.63, 3.8) is 0 Å². The Bertz CT molecular complexity index is 708. The van der Waals surface area contributed by atoms with Crippen molar-refractivity contribution in [3.8, 4) is 0 Å². The average molecular weight is 286 g/mol. The summed E-state index contributed by atoms with van der Waals surface area (Å²) in [6.07, 6.45) is 3.65. The summed E-state index contributed by atoms with van der Waals surface area (Å²) < 4.78 is 1.90. The van der Waals surface area contributed by atoms with Crippen LogP contribution in [0.3, 0.4) is 0 Å². The summed E-state index contributed by atoms with van der Waals surface area (Å²) >= 11 is 0. The predicted octanol–water partition coefficient (Wildman–Crippen LogP) is 5.03. The van der Waals surface area contributed by atoms with E-state index in [-0.39, 0.29) is 5.56 Å². The number of H-pyrrole nitrogens is 1. The molecule has 1 N–H and O–H groups in total. The third kappa shape index (κ3) is 4.63. The third-order valence-corrected chi connectivity index (χ3v) is 2.39. The van der Waals surface area contributed by atoms with Crippen molar-refractivity contribution < 1.29 is 0 Å². The van der Waals surface area contributed by atoms with Crippen molar-refractivity contribution in [2.45, 2.75) is 34.6 Å². The average Bonchev–Trinajstić information content (AvgIpc) is 3.03. The smallest absolute Gasteiger partial charge is 0.272 e. The lowest BCUT2D eigenvalue weighted by Gasteiger charge is -2.00. The Labute approximate surface area is 126 Å². The molecule has 0 radical (unpaired) electrons. The number of aromatic nitrogens is 2. The Morgan fingerprint density at radius 2 is 1.52 bits per heavy atom. The van der Waals surface area contributed by atoms with Crippen molar-refractivity contribution in [3.05, 3.63) is 65.6 Å². The summed E-state index contributed by atoms with van der Waals surface area (Å²) in [5.74, 6) is 0. The molecule has 0 aliphatic rings. The second-order valence-electron chi connectivity index (χ2n) is 3.64. The van der Waals surface area contributed by atoms with E-state index in [9.17, 15) is 4.79 Å². The maximum Gasteiger partial charge on any atom is 0.272 e. The van der Waals surface area contributed by atoms with Crippen LogP contribution in [0, 0.1) is 0 Å². The van der Waals surface area contributed by atoms with Crippen LogP contribution in [-0.2, 0) is 0 Å². The molecule has 3 nitrogen and oxygen atoms in total. The van der Waals surface area contributed by atoms with Crippen LogP contribution in [0.5, 0.6) is 0 Å². The van der Waals surface area contributed by atoms with Gasteiger partial charge in [0.25, 0.3) is 5.56 Å². The number of fused-ring (bicyclic) bond motifs is 3. The van der Waals surface area contributed by atoms with Gasteiger partial charge in [-0.1, -0.05) is 45.9 Å². The van der Waals surface area contributed by atoms with E-state index in [4.69, 9.17) is 0 Å². The maximum atomic E-state index is 11.6. The molecule has 0 atom stereocenters. The molecule has 0 aliphatic carbocycles. The monoisotopic (exact) mass is 286 g/mol. The summed E-state index contributed by atoms with van der Waals surface area (Å²) in [7, 11) is 0. The van der Waals surface area contributed by atoms with Gasteiger partial charge in [0.1, 0.15) is 5.52 Å². The SMILES string of the molecule is C=CC.CC.CC.O=c1[nH]c2ccccc2n2cccc12. The number of hydrogen-bond acceptors (Lipinski definition) is 1. The highest BCUT2D eigenvalue weighted by Crippen LogP contribution is 2.11. The highest BCUT2D eigenvalue weighted by Gasteiger charge is 2.01. The van der Waals surface area contributed by atoms with Crippen LogP contribution in [0.2, 0.25) is 0 Å². The zero-order valence-corrected chi connectivity index (χ0v) is 13.7. The fraction of sp³-hybridized carbons (Fsp3) is 0.278. The Balaban J connectivity index is 0.000000500. The van der Waals surface area contributed by atoms with E-state index >= 15 is 0 Å². The Hall–Kier alpha value is -2.29. The fourth-order valence-electron chi connectivity index (χ4n) is 1.75. The second kappa shape index (κ2) is 10.5. The van der Waals surface area contributed by atoms with Crippen LogP contribution in [0.15, 0.2) is 60.0 Å². The van der Waals surface area contributed by atoms with Crippen LogP contribution in [-0.4, -0.2) is 9.38 Å².